The number of nitrogens with one attached hydrogen (secondary N) is 4. The van der Waals surface area contributed by atoms with Gasteiger partial charge in [-0.15, -0.1) is 0 Å². The molecule has 4 N–H and O–H groups in total. The Kier molecular flexibility index (Phi) is 15.2. The van der Waals surface area contributed by atoms with Crippen LogP contribution in [0.25, 0.3) is 10.8 Å². The molecule has 4 rings (SSSR count). The quantitative estimate of drug-likeness (QED) is 0.0850. The van der Waals surface area contributed by atoms with Crippen molar-refractivity contribution in [3.63, 3.8) is 0 Å². The van der Waals surface area contributed by atoms with Gasteiger partial charge in [-0.3, -0.25) is 9.52 Å². The van der Waals surface area contributed by atoms with Crippen LogP contribution in [0.3, 0.4) is 0 Å². The maximum Gasteiger partial charge on any atom is 0.315 e. The lowest BCUT2D eigenvalue weighted by Gasteiger charge is -2.16. The third-order valence-electron chi connectivity index (χ3n) is 7.70. The van der Waals surface area contributed by atoms with Gasteiger partial charge in [0, 0.05) is 73.8 Å². The number of unbranched alkanes of at least 4 members (excludes halogenated alkanes) is 1. The molecule has 2 saturated heterocycles. The number of hydrogen-bond donors (Lipinski definition) is 4. The zero-order valence-electron chi connectivity index (χ0n) is 26.1. The highest BCUT2D eigenvalue weighted by Crippen LogP contribution is 2.33. The molecule has 3 amide bonds. The summed E-state index contributed by atoms with van der Waals surface area (Å²) in [5.74, 6) is 1.07. The Bertz CT molecular complexity index is 1170. The topological polar surface area (TPSA) is 113 Å². The number of rotatable bonds is 22. The SMILES string of the molecule is CN(C)c1cccc2c(SNCCCOCCOCCOCCCNC(=O)CCCCC3SCC4NC(=O)NC43)cccc12. The van der Waals surface area contributed by atoms with Gasteiger partial charge in [-0.05, 0) is 55.2 Å². The second-order valence-corrected chi connectivity index (χ2v) is 13.5. The summed E-state index contributed by atoms with van der Waals surface area (Å²) in [7, 11) is 4.15. The molecule has 44 heavy (non-hydrogen) atoms. The number of nitrogens with zero attached hydrogens (tertiary/aromatic N) is 1. The molecule has 10 nitrogen and oxygen atoms in total. The zero-order valence-corrected chi connectivity index (χ0v) is 27.7. The normalized spacial score (nSPS) is 19.1. The summed E-state index contributed by atoms with van der Waals surface area (Å²) in [5.41, 5.74) is 1.23. The van der Waals surface area contributed by atoms with Crippen LogP contribution in [0.1, 0.15) is 38.5 Å². The van der Waals surface area contributed by atoms with Crippen molar-refractivity contribution < 1.29 is 23.8 Å². The van der Waals surface area contributed by atoms with Crippen molar-refractivity contribution in [2.45, 2.75) is 60.8 Å². The minimum Gasteiger partial charge on any atom is -0.379 e. The highest BCUT2D eigenvalue weighted by atomic mass is 32.2. The Labute approximate surface area is 270 Å². The second kappa shape index (κ2) is 19.3. The van der Waals surface area contributed by atoms with Crippen molar-refractivity contribution in [1.29, 1.82) is 0 Å². The van der Waals surface area contributed by atoms with E-state index < -0.39 is 0 Å². The van der Waals surface area contributed by atoms with E-state index in [9.17, 15) is 9.59 Å². The first kappa shape index (κ1) is 34.6. The van der Waals surface area contributed by atoms with Crippen molar-refractivity contribution >= 4 is 52.1 Å². The van der Waals surface area contributed by atoms with Crippen molar-refractivity contribution in [3.8, 4) is 0 Å². The molecule has 0 spiro atoms. The van der Waals surface area contributed by atoms with E-state index in [1.807, 2.05) is 11.8 Å². The Morgan fingerprint density at radius 1 is 0.909 bits per heavy atom. The summed E-state index contributed by atoms with van der Waals surface area (Å²) >= 11 is 3.59. The smallest absolute Gasteiger partial charge is 0.315 e. The molecule has 2 aliphatic rings. The summed E-state index contributed by atoms with van der Waals surface area (Å²) in [5, 5.41) is 11.9. The fourth-order valence-electron chi connectivity index (χ4n) is 5.43. The number of urea groups is 1. The van der Waals surface area contributed by atoms with Crippen LogP contribution in [-0.2, 0) is 19.0 Å². The van der Waals surface area contributed by atoms with Crippen LogP contribution < -0.4 is 25.6 Å². The van der Waals surface area contributed by atoms with Gasteiger partial charge in [-0.2, -0.15) is 11.8 Å². The molecule has 0 bridgehead atoms. The first-order valence-corrected chi connectivity index (χ1v) is 17.7. The van der Waals surface area contributed by atoms with Gasteiger partial charge in [0.2, 0.25) is 5.91 Å². The molecule has 2 heterocycles. The van der Waals surface area contributed by atoms with Gasteiger partial charge in [0.05, 0.1) is 38.5 Å². The van der Waals surface area contributed by atoms with Gasteiger partial charge in [0.25, 0.3) is 0 Å². The third-order valence-corrected chi connectivity index (χ3v) is 10.1. The van der Waals surface area contributed by atoms with E-state index in [0.717, 1.165) is 44.4 Å². The van der Waals surface area contributed by atoms with Crippen LogP contribution in [-0.4, -0.2) is 102 Å². The van der Waals surface area contributed by atoms with E-state index in [0.29, 0.717) is 57.9 Å². The summed E-state index contributed by atoms with van der Waals surface area (Å²) in [6.45, 7) is 4.98. The monoisotopic (exact) mass is 647 g/mol. The molecule has 0 aromatic heterocycles. The molecule has 244 valence electrons. The maximum absolute atomic E-state index is 12.1. The number of thioether (sulfide) groups is 1. The number of anilines is 1. The van der Waals surface area contributed by atoms with Crippen molar-refractivity contribution in [2.75, 3.05) is 77.5 Å². The molecular formula is C32H49N5O5S2. The van der Waals surface area contributed by atoms with E-state index in [1.165, 1.54) is 21.4 Å². The standard InChI is InChI=1S/C32H49N5O5S2/c1-37(2)27-11-5-10-25-24(27)9-6-13-28(25)44-34-16-8-18-41-20-22-42-21-19-40-17-7-15-33-30(38)14-4-3-12-29-31-26(23-43-29)35-32(39)36-31/h5-6,9-11,13,26,29,31,34H,3-4,7-8,12,14-23H2,1-2H3,(H,33,38)(H2,35,36,39). The van der Waals surface area contributed by atoms with Gasteiger partial charge >= 0.3 is 6.03 Å². The Morgan fingerprint density at radius 2 is 1.61 bits per heavy atom. The van der Waals surface area contributed by atoms with Gasteiger partial charge in [0.1, 0.15) is 0 Å². The molecule has 0 saturated carbocycles. The highest BCUT2D eigenvalue weighted by molar-refractivity contribution is 8.00. The largest absolute Gasteiger partial charge is 0.379 e. The highest BCUT2D eigenvalue weighted by Gasteiger charge is 2.42. The minimum atomic E-state index is -0.0476. The van der Waals surface area contributed by atoms with Gasteiger partial charge in [0.15, 0.2) is 0 Å². The molecule has 2 aliphatic heterocycles. The molecular weight excluding hydrogens is 599 g/mol. The Morgan fingerprint density at radius 3 is 2.39 bits per heavy atom. The lowest BCUT2D eigenvalue weighted by atomic mass is 10.0. The average molecular weight is 648 g/mol. The van der Waals surface area contributed by atoms with E-state index >= 15 is 0 Å². The van der Waals surface area contributed by atoms with Crippen LogP contribution in [0.15, 0.2) is 41.3 Å². The van der Waals surface area contributed by atoms with E-state index in [1.54, 1.807) is 11.9 Å². The summed E-state index contributed by atoms with van der Waals surface area (Å²) in [6, 6.07) is 13.3. The number of benzene rings is 2. The Hall–Kier alpha value is -2.22. The van der Waals surface area contributed by atoms with Crippen molar-refractivity contribution in [2.24, 2.45) is 0 Å². The van der Waals surface area contributed by atoms with Gasteiger partial charge in [-0.25, -0.2) is 4.79 Å². The minimum absolute atomic E-state index is 0.0476. The third kappa shape index (κ3) is 11.3. The lowest BCUT2D eigenvalue weighted by Crippen LogP contribution is -2.36. The summed E-state index contributed by atoms with van der Waals surface area (Å²) in [6.07, 6.45) is 5.17. The number of fused-ring (bicyclic) bond motifs is 2. The molecule has 0 aliphatic carbocycles. The number of carbonyl (C=O) groups excluding carboxylic acids is 2. The number of ether oxygens (including phenoxy) is 3. The van der Waals surface area contributed by atoms with Crippen molar-refractivity contribution in [3.05, 3.63) is 36.4 Å². The first-order valence-electron chi connectivity index (χ1n) is 15.8. The summed E-state index contributed by atoms with van der Waals surface area (Å²) < 4.78 is 20.3. The van der Waals surface area contributed by atoms with Crippen LogP contribution in [0.2, 0.25) is 0 Å². The van der Waals surface area contributed by atoms with E-state index in [-0.39, 0.29) is 24.0 Å². The van der Waals surface area contributed by atoms with Crippen LogP contribution in [0, 0.1) is 0 Å². The predicted octanol–water partition coefficient (Wildman–Crippen LogP) is 4.17. The predicted molar refractivity (Wildman–Crippen MR) is 181 cm³/mol. The number of carbonyl (C=O) groups is 2. The molecule has 2 fully saturated rings. The molecule has 0 radical (unpaired) electrons. The fraction of sp³-hybridized carbons (Fsp3) is 0.625. The summed E-state index contributed by atoms with van der Waals surface area (Å²) in [4.78, 5) is 26.9. The van der Waals surface area contributed by atoms with Crippen molar-refractivity contribution in [1.82, 2.24) is 20.7 Å². The van der Waals surface area contributed by atoms with Gasteiger partial charge < -0.3 is 35.1 Å². The maximum atomic E-state index is 12.1. The van der Waals surface area contributed by atoms with E-state index in [4.69, 9.17) is 14.2 Å². The average Bonchev–Trinajstić information content (AvgIpc) is 3.57. The molecule has 3 unspecified atom stereocenters. The number of hydrogen-bond acceptors (Lipinski definition) is 9. The fourth-order valence-corrected chi connectivity index (χ4v) is 7.81. The van der Waals surface area contributed by atoms with Crippen LogP contribution in [0.4, 0.5) is 10.5 Å². The lowest BCUT2D eigenvalue weighted by molar-refractivity contribution is -0.121. The van der Waals surface area contributed by atoms with Crippen LogP contribution in [0.5, 0.6) is 0 Å². The Balaban J connectivity index is 0.885. The number of amides is 3. The first-order chi connectivity index (χ1) is 21.5. The molecule has 12 heteroatoms. The molecule has 2 aromatic rings. The molecule has 3 atom stereocenters. The van der Waals surface area contributed by atoms with E-state index in [2.05, 4.69) is 76.1 Å². The van der Waals surface area contributed by atoms with Crippen LogP contribution >= 0.6 is 23.7 Å². The molecule has 2 aromatic carbocycles. The van der Waals surface area contributed by atoms with Gasteiger partial charge in [-0.1, -0.05) is 30.7 Å². The zero-order chi connectivity index (χ0) is 31.0. The second-order valence-electron chi connectivity index (χ2n) is 11.3.